The van der Waals surface area contributed by atoms with Gasteiger partial charge in [0.1, 0.15) is 0 Å². The summed E-state index contributed by atoms with van der Waals surface area (Å²) >= 11 is 0. The summed E-state index contributed by atoms with van der Waals surface area (Å²) < 4.78 is 87.2. The maximum absolute atomic E-state index is 12.9. The van der Waals surface area contributed by atoms with Crippen LogP contribution < -0.4 is 20.1 Å². The summed E-state index contributed by atoms with van der Waals surface area (Å²) in [5.41, 5.74) is -4.03. The summed E-state index contributed by atoms with van der Waals surface area (Å²) in [5.74, 6) is -2.27. The molecular weight excluding hydrogens is 422 g/mol. The number of amides is 2. The van der Waals surface area contributed by atoms with Gasteiger partial charge in [0.2, 0.25) is 0 Å². The Morgan fingerprint density at radius 3 is 1.60 bits per heavy atom. The second kappa shape index (κ2) is 8.51. The minimum absolute atomic E-state index is 0.0767. The van der Waals surface area contributed by atoms with Crippen molar-refractivity contribution >= 4 is 23.2 Å². The van der Waals surface area contributed by atoms with E-state index in [-0.39, 0.29) is 29.6 Å². The maximum Gasteiger partial charge on any atom is 0.416 e. The van der Waals surface area contributed by atoms with Crippen molar-refractivity contribution in [3.8, 4) is 11.5 Å². The van der Waals surface area contributed by atoms with Gasteiger partial charge in [0.15, 0.2) is 11.5 Å². The normalized spacial score (nSPS) is 11.6. The van der Waals surface area contributed by atoms with Crippen LogP contribution in [0.5, 0.6) is 11.5 Å². The number of nitrogens with one attached hydrogen (secondary N) is 2. The molecule has 0 heterocycles. The number of methoxy groups -OCH3 is 2. The molecule has 0 saturated heterocycles. The third-order valence-corrected chi connectivity index (χ3v) is 3.69. The molecule has 12 heteroatoms. The summed E-state index contributed by atoms with van der Waals surface area (Å²) in [6, 6.07) is 4.54. The Bertz CT molecular complexity index is 924. The van der Waals surface area contributed by atoms with Gasteiger partial charge in [-0.25, -0.2) is 0 Å². The molecule has 0 bridgehead atoms. The van der Waals surface area contributed by atoms with Crippen molar-refractivity contribution in [2.24, 2.45) is 0 Å². The number of benzene rings is 2. The highest BCUT2D eigenvalue weighted by molar-refractivity contribution is 6.43. The summed E-state index contributed by atoms with van der Waals surface area (Å²) in [5, 5.41) is 3.88. The molecule has 2 aromatic rings. The van der Waals surface area contributed by atoms with Crippen molar-refractivity contribution in [2.75, 3.05) is 24.9 Å². The number of hydrogen-bond donors (Lipinski definition) is 2. The lowest BCUT2D eigenvalue weighted by Crippen LogP contribution is -2.29. The zero-order chi connectivity index (χ0) is 22.7. The van der Waals surface area contributed by atoms with Crippen LogP contribution >= 0.6 is 0 Å². The van der Waals surface area contributed by atoms with Crippen LogP contribution in [0.1, 0.15) is 11.1 Å². The van der Waals surface area contributed by atoms with Gasteiger partial charge in [0, 0.05) is 17.4 Å². The van der Waals surface area contributed by atoms with Crippen molar-refractivity contribution in [3.63, 3.8) is 0 Å². The highest BCUT2D eigenvalue weighted by atomic mass is 19.4. The zero-order valence-electron chi connectivity index (χ0n) is 15.4. The van der Waals surface area contributed by atoms with Crippen LogP contribution in [-0.4, -0.2) is 26.0 Å². The Hall–Kier alpha value is -3.44. The first-order chi connectivity index (χ1) is 13.8. The van der Waals surface area contributed by atoms with Gasteiger partial charge in [-0.1, -0.05) is 0 Å². The predicted octanol–water partition coefficient (Wildman–Crippen LogP) is 4.32. The standard InChI is InChI=1S/C18H14F6N2O4/c1-29-13-4-3-11(8-14(13)30-2)25-15(27)16(28)26-12-6-9(17(19,20)21)5-10(7-12)18(22,23)24/h3-8H,1-2H3,(H,25,27)(H,26,28). The van der Waals surface area contributed by atoms with E-state index in [2.05, 4.69) is 5.32 Å². The fourth-order valence-corrected chi connectivity index (χ4v) is 2.32. The molecule has 30 heavy (non-hydrogen) atoms. The largest absolute Gasteiger partial charge is 0.493 e. The van der Waals surface area contributed by atoms with E-state index in [9.17, 15) is 35.9 Å². The molecule has 0 atom stereocenters. The average molecular weight is 436 g/mol. The lowest BCUT2D eigenvalue weighted by Gasteiger charge is -2.15. The lowest BCUT2D eigenvalue weighted by molar-refractivity contribution is -0.143. The molecule has 2 rings (SSSR count). The molecular formula is C18H14F6N2O4. The van der Waals surface area contributed by atoms with Crippen molar-refractivity contribution in [2.45, 2.75) is 12.4 Å². The molecule has 6 nitrogen and oxygen atoms in total. The van der Waals surface area contributed by atoms with Gasteiger partial charge in [-0.05, 0) is 30.3 Å². The Balaban J connectivity index is 2.23. The molecule has 0 aromatic heterocycles. The van der Waals surface area contributed by atoms with Gasteiger partial charge < -0.3 is 20.1 Å². The number of ether oxygens (including phenoxy) is 2. The van der Waals surface area contributed by atoms with E-state index >= 15 is 0 Å². The monoisotopic (exact) mass is 436 g/mol. The molecule has 0 saturated carbocycles. The number of carbonyl (C=O) groups excluding carboxylic acids is 2. The Morgan fingerprint density at radius 2 is 1.17 bits per heavy atom. The average Bonchev–Trinajstić information content (AvgIpc) is 2.66. The van der Waals surface area contributed by atoms with Crippen LogP contribution in [0.4, 0.5) is 37.7 Å². The van der Waals surface area contributed by atoms with Crippen LogP contribution in [0.25, 0.3) is 0 Å². The van der Waals surface area contributed by atoms with E-state index in [4.69, 9.17) is 9.47 Å². The molecule has 0 aliphatic heterocycles. The van der Waals surface area contributed by atoms with Crippen LogP contribution in [0.2, 0.25) is 0 Å². The zero-order valence-corrected chi connectivity index (χ0v) is 15.4. The summed E-state index contributed by atoms with van der Waals surface area (Å²) in [7, 11) is 2.69. The predicted molar refractivity (Wildman–Crippen MR) is 93.3 cm³/mol. The van der Waals surface area contributed by atoms with E-state index in [1.54, 1.807) is 5.32 Å². The molecule has 0 fully saturated rings. The molecule has 2 N–H and O–H groups in total. The number of halogens is 6. The summed E-state index contributed by atoms with van der Waals surface area (Å²) in [6.07, 6.45) is -10.2. The van der Waals surface area contributed by atoms with E-state index in [1.807, 2.05) is 0 Å². The maximum atomic E-state index is 12.9. The van der Waals surface area contributed by atoms with E-state index in [0.29, 0.717) is 5.75 Å². The second-order valence-electron chi connectivity index (χ2n) is 5.77. The third-order valence-electron chi connectivity index (χ3n) is 3.69. The fraction of sp³-hybridized carbons (Fsp3) is 0.222. The first kappa shape index (κ1) is 22.8. The fourth-order valence-electron chi connectivity index (χ4n) is 2.32. The van der Waals surface area contributed by atoms with Gasteiger partial charge in [-0.15, -0.1) is 0 Å². The summed E-state index contributed by atoms with van der Waals surface area (Å²) in [6.45, 7) is 0. The topological polar surface area (TPSA) is 76.7 Å². The molecule has 0 spiro atoms. The highest BCUT2D eigenvalue weighted by Crippen LogP contribution is 2.37. The smallest absolute Gasteiger partial charge is 0.416 e. The van der Waals surface area contributed by atoms with Crippen molar-refractivity contribution < 1.29 is 45.4 Å². The number of alkyl halides is 6. The second-order valence-corrected chi connectivity index (χ2v) is 5.77. The number of rotatable bonds is 4. The Kier molecular flexibility index (Phi) is 6.48. The van der Waals surface area contributed by atoms with Crippen LogP contribution in [-0.2, 0) is 21.9 Å². The minimum Gasteiger partial charge on any atom is -0.493 e. The van der Waals surface area contributed by atoms with Crippen LogP contribution in [0, 0.1) is 0 Å². The van der Waals surface area contributed by atoms with Crippen LogP contribution in [0.3, 0.4) is 0 Å². The molecule has 2 amide bonds. The SMILES string of the molecule is COc1ccc(NC(=O)C(=O)Nc2cc(C(F)(F)F)cc(C(F)(F)F)c2)cc1OC. The number of anilines is 2. The first-order valence-electron chi connectivity index (χ1n) is 7.99. The Labute approximate surface area is 165 Å². The van der Waals surface area contributed by atoms with Gasteiger partial charge >= 0.3 is 24.2 Å². The molecule has 2 aromatic carbocycles. The third kappa shape index (κ3) is 5.55. The van der Waals surface area contributed by atoms with Crippen LogP contribution in [0.15, 0.2) is 36.4 Å². The molecule has 0 unspecified atom stereocenters. The lowest BCUT2D eigenvalue weighted by atomic mass is 10.1. The van der Waals surface area contributed by atoms with E-state index in [1.165, 1.54) is 32.4 Å². The van der Waals surface area contributed by atoms with Crippen molar-refractivity contribution in [1.29, 1.82) is 0 Å². The highest BCUT2D eigenvalue weighted by Gasteiger charge is 2.37. The first-order valence-corrected chi connectivity index (χ1v) is 7.99. The minimum atomic E-state index is -5.09. The van der Waals surface area contributed by atoms with Gasteiger partial charge in [0.05, 0.1) is 25.3 Å². The van der Waals surface area contributed by atoms with Crippen molar-refractivity contribution in [1.82, 2.24) is 0 Å². The summed E-state index contributed by atoms with van der Waals surface area (Å²) in [4.78, 5) is 24.0. The molecule has 0 aliphatic rings. The van der Waals surface area contributed by atoms with E-state index in [0.717, 1.165) is 0 Å². The quantitative estimate of drug-likeness (QED) is 0.553. The molecule has 0 radical (unpaired) electrons. The van der Waals surface area contributed by atoms with Gasteiger partial charge in [-0.2, -0.15) is 26.3 Å². The molecule has 162 valence electrons. The van der Waals surface area contributed by atoms with Gasteiger partial charge in [0.25, 0.3) is 0 Å². The van der Waals surface area contributed by atoms with Crippen molar-refractivity contribution in [3.05, 3.63) is 47.5 Å². The molecule has 0 aliphatic carbocycles. The van der Waals surface area contributed by atoms with Gasteiger partial charge in [-0.3, -0.25) is 9.59 Å². The van der Waals surface area contributed by atoms with E-state index < -0.39 is 41.0 Å². The number of carbonyl (C=O) groups is 2. The number of hydrogen-bond acceptors (Lipinski definition) is 4. The Morgan fingerprint density at radius 1 is 0.700 bits per heavy atom.